The van der Waals surface area contributed by atoms with Crippen molar-refractivity contribution in [2.45, 2.75) is 0 Å². The topological polar surface area (TPSA) is 71.1 Å². The van der Waals surface area contributed by atoms with Crippen LogP contribution in [0, 0.1) is 0 Å². The molecule has 6 nitrogen and oxygen atoms in total. The zero-order valence-corrected chi connectivity index (χ0v) is 15.0. The van der Waals surface area contributed by atoms with E-state index in [1.807, 2.05) is 60.5 Å². The number of fused-ring (bicyclic) bond motifs is 1. The third-order valence-electron chi connectivity index (χ3n) is 4.44. The molecule has 0 unspecified atom stereocenters. The maximum atomic E-state index is 12.5. The standard InChI is InChI=1S/C21H18N4O2/c1-25(16-6-4-3-5-7-16)20-19-14(8-9-23-21(19)26)11-18(24-20)15-10-17(27-2)13-22-12-15/h3-13H,1-2H3,(H,23,26). The van der Waals surface area contributed by atoms with Crippen molar-refractivity contribution in [3.8, 4) is 17.0 Å². The Labute approximate surface area is 156 Å². The summed E-state index contributed by atoms with van der Waals surface area (Å²) < 4.78 is 5.27. The molecule has 4 aromatic rings. The molecule has 0 aliphatic carbocycles. The van der Waals surface area contributed by atoms with Crippen molar-refractivity contribution in [1.29, 1.82) is 0 Å². The molecule has 1 aromatic carbocycles. The van der Waals surface area contributed by atoms with Crippen LogP contribution in [-0.4, -0.2) is 29.1 Å². The van der Waals surface area contributed by atoms with Crippen LogP contribution in [0.4, 0.5) is 11.5 Å². The number of hydrogen-bond acceptors (Lipinski definition) is 5. The molecule has 0 aliphatic heterocycles. The molecule has 0 saturated heterocycles. The highest BCUT2D eigenvalue weighted by atomic mass is 16.5. The number of para-hydroxylation sites is 1. The number of H-pyrrole nitrogens is 1. The largest absolute Gasteiger partial charge is 0.495 e. The van der Waals surface area contributed by atoms with E-state index in [9.17, 15) is 4.79 Å². The summed E-state index contributed by atoms with van der Waals surface area (Å²) in [4.78, 5) is 26.2. The fourth-order valence-electron chi connectivity index (χ4n) is 3.03. The number of anilines is 2. The summed E-state index contributed by atoms with van der Waals surface area (Å²) in [7, 11) is 3.50. The lowest BCUT2D eigenvalue weighted by Crippen LogP contribution is -2.16. The average Bonchev–Trinajstić information content (AvgIpc) is 2.73. The van der Waals surface area contributed by atoms with Gasteiger partial charge in [0.15, 0.2) is 0 Å². The van der Waals surface area contributed by atoms with Crippen molar-refractivity contribution >= 4 is 22.3 Å². The zero-order valence-electron chi connectivity index (χ0n) is 15.0. The van der Waals surface area contributed by atoms with E-state index in [0.717, 1.165) is 22.3 Å². The second-order valence-electron chi connectivity index (χ2n) is 6.11. The van der Waals surface area contributed by atoms with Crippen molar-refractivity contribution in [3.63, 3.8) is 0 Å². The molecular weight excluding hydrogens is 340 g/mol. The van der Waals surface area contributed by atoms with Gasteiger partial charge in [0.05, 0.1) is 24.4 Å². The van der Waals surface area contributed by atoms with Crippen LogP contribution in [0.15, 0.2) is 71.9 Å². The third kappa shape index (κ3) is 3.13. The van der Waals surface area contributed by atoms with E-state index in [-0.39, 0.29) is 5.56 Å². The average molecular weight is 358 g/mol. The second-order valence-corrected chi connectivity index (χ2v) is 6.11. The number of nitrogens with zero attached hydrogens (tertiary/aromatic N) is 3. The minimum atomic E-state index is -0.173. The number of benzene rings is 1. The highest BCUT2D eigenvalue weighted by molar-refractivity contribution is 5.95. The first-order valence-electron chi connectivity index (χ1n) is 8.48. The van der Waals surface area contributed by atoms with Crippen molar-refractivity contribution in [2.24, 2.45) is 0 Å². The lowest BCUT2D eigenvalue weighted by molar-refractivity contribution is 0.413. The van der Waals surface area contributed by atoms with Crippen molar-refractivity contribution < 1.29 is 4.74 Å². The van der Waals surface area contributed by atoms with Gasteiger partial charge in [-0.1, -0.05) is 18.2 Å². The number of aromatic amines is 1. The van der Waals surface area contributed by atoms with Gasteiger partial charge < -0.3 is 14.6 Å². The summed E-state index contributed by atoms with van der Waals surface area (Å²) in [6.45, 7) is 0. The van der Waals surface area contributed by atoms with Crippen molar-refractivity contribution in [2.75, 3.05) is 19.1 Å². The first-order valence-corrected chi connectivity index (χ1v) is 8.48. The maximum Gasteiger partial charge on any atom is 0.259 e. The zero-order chi connectivity index (χ0) is 18.8. The van der Waals surface area contributed by atoms with Gasteiger partial charge in [-0.25, -0.2) is 4.98 Å². The third-order valence-corrected chi connectivity index (χ3v) is 4.44. The molecular formula is C21H18N4O2. The van der Waals surface area contributed by atoms with E-state index >= 15 is 0 Å². The molecule has 0 spiro atoms. The van der Waals surface area contributed by atoms with Gasteiger partial charge in [0.25, 0.3) is 5.56 Å². The molecule has 3 aromatic heterocycles. The molecule has 0 fully saturated rings. The quantitative estimate of drug-likeness (QED) is 0.601. The maximum absolute atomic E-state index is 12.5. The van der Waals surface area contributed by atoms with Gasteiger partial charge in [0, 0.05) is 30.7 Å². The molecule has 0 aliphatic rings. The van der Waals surface area contributed by atoms with Crippen LogP contribution >= 0.6 is 0 Å². The lowest BCUT2D eigenvalue weighted by Gasteiger charge is -2.20. The van der Waals surface area contributed by atoms with E-state index in [0.29, 0.717) is 17.0 Å². The molecule has 6 heteroatoms. The minimum Gasteiger partial charge on any atom is -0.495 e. The normalized spacial score (nSPS) is 10.7. The monoisotopic (exact) mass is 358 g/mol. The van der Waals surface area contributed by atoms with Gasteiger partial charge in [0.2, 0.25) is 0 Å². The number of ether oxygens (including phenoxy) is 1. The summed E-state index contributed by atoms with van der Waals surface area (Å²) in [6, 6.07) is 15.5. The number of nitrogens with one attached hydrogen (secondary N) is 1. The molecule has 3 heterocycles. The fraction of sp³-hybridized carbons (Fsp3) is 0.0952. The molecule has 134 valence electrons. The molecule has 0 radical (unpaired) electrons. The second kappa shape index (κ2) is 6.92. The predicted octanol–water partition coefficient (Wildman–Crippen LogP) is 3.76. The van der Waals surface area contributed by atoms with Gasteiger partial charge >= 0.3 is 0 Å². The van der Waals surface area contributed by atoms with Gasteiger partial charge in [-0.3, -0.25) is 9.78 Å². The molecule has 27 heavy (non-hydrogen) atoms. The smallest absolute Gasteiger partial charge is 0.259 e. The van der Waals surface area contributed by atoms with Gasteiger partial charge in [-0.05, 0) is 35.7 Å². The fourth-order valence-corrected chi connectivity index (χ4v) is 3.03. The van der Waals surface area contributed by atoms with Crippen LogP contribution in [-0.2, 0) is 0 Å². The van der Waals surface area contributed by atoms with Gasteiger partial charge in [0.1, 0.15) is 11.6 Å². The first-order chi connectivity index (χ1) is 13.2. The minimum absolute atomic E-state index is 0.173. The molecule has 1 N–H and O–H groups in total. The van der Waals surface area contributed by atoms with E-state index < -0.39 is 0 Å². The number of pyridine rings is 3. The Morgan fingerprint density at radius 2 is 1.89 bits per heavy atom. The van der Waals surface area contributed by atoms with E-state index in [1.165, 1.54) is 0 Å². The van der Waals surface area contributed by atoms with E-state index in [1.54, 1.807) is 25.7 Å². The Morgan fingerprint density at radius 3 is 2.67 bits per heavy atom. The van der Waals surface area contributed by atoms with E-state index in [4.69, 9.17) is 9.72 Å². The van der Waals surface area contributed by atoms with Crippen LogP contribution < -0.4 is 15.2 Å². The van der Waals surface area contributed by atoms with Crippen LogP contribution in [0.3, 0.4) is 0 Å². The first kappa shape index (κ1) is 16.8. The van der Waals surface area contributed by atoms with Crippen LogP contribution in [0.5, 0.6) is 5.75 Å². The SMILES string of the molecule is COc1cncc(-c2cc3cc[nH]c(=O)c3c(N(C)c3ccccc3)n2)c1. The van der Waals surface area contributed by atoms with Crippen molar-refractivity contribution in [1.82, 2.24) is 15.0 Å². The van der Waals surface area contributed by atoms with Crippen LogP contribution in [0.25, 0.3) is 22.0 Å². The number of methoxy groups -OCH3 is 1. The number of aromatic nitrogens is 3. The predicted molar refractivity (Wildman–Crippen MR) is 107 cm³/mol. The Hall–Kier alpha value is -3.67. The summed E-state index contributed by atoms with van der Waals surface area (Å²) in [5.74, 6) is 1.23. The summed E-state index contributed by atoms with van der Waals surface area (Å²) in [6.07, 6.45) is 5.02. The molecule has 0 amide bonds. The highest BCUT2D eigenvalue weighted by Gasteiger charge is 2.16. The number of hydrogen-bond donors (Lipinski definition) is 1. The Bertz CT molecular complexity index is 1160. The number of rotatable bonds is 4. The summed E-state index contributed by atoms with van der Waals surface area (Å²) >= 11 is 0. The van der Waals surface area contributed by atoms with E-state index in [2.05, 4.69) is 9.97 Å². The molecule has 0 bridgehead atoms. The van der Waals surface area contributed by atoms with Gasteiger partial charge in [-0.2, -0.15) is 0 Å². The molecule has 4 rings (SSSR count). The van der Waals surface area contributed by atoms with Crippen LogP contribution in [0.1, 0.15) is 0 Å². The molecule has 0 atom stereocenters. The van der Waals surface area contributed by atoms with Crippen LogP contribution in [0.2, 0.25) is 0 Å². The van der Waals surface area contributed by atoms with Gasteiger partial charge in [-0.15, -0.1) is 0 Å². The Morgan fingerprint density at radius 1 is 1.07 bits per heavy atom. The lowest BCUT2D eigenvalue weighted by atomic mass is 10.1. The summed E-state index contributed by atoms with van der Waals surface area (Å²) in [5.41, 5.74) is 2.31. The highest BCUT2D eigenvalue weighted by Crippen LogP contribution is 2.31. The Kier molecular flexibility index (Phi) is 4.30. The van der Waals surface area contributed by atoms with Crippen molar-refractivity contribution in [3.05, 3.63) is 77.5 Å². The Balaban J connectivity index is 1.97. The summed E-state index contributed by atoms with van der Waals surface area (Å²) in [5, 5.41) is 1.35. The molecule has 0 saturated carbocycles.